The van der Waals surface area contributed by atoms with Crippen LogP contribution in [0.4, 0.5) is 0 Å². The van der Waals surface area contributed by atoms with Crippen molar-refractivity contribution in [3.05, 3.63) is 54.2 Å². The Hall–Kier alpha value is -2.16. The van der Waals surface area contributed by atoms with Crippen LogP contribution in [-0.2, 0) is 11.3 Å². The van der Waals surface area contributed by atoms with Gasteiger partial charge in [-0.1, -0.05) is 30.4 Å². The summed E-state index contributed by atoms with van der Waals surface area (Å²) in [6.45, 7) is 0.549. The Bertz CT molecular complexity index is 648. The lowest BCUT2D eigenvalue weighted by molar-refractivity contribution is -0.121. The second kappa shape index (κ2) is 5.87. The van der Waals surface area contributed by atoms with Crippen LogP contribution in [0.5, 0.6) is 0 Å². The highest BCUT2D eigenvalue weighted by Crippen LogP contribution is 2.20. The van der Waals surface area contributed by atoms with Crippen molar-refractivity contribution in [3.8, 4) is 0 Å². The highest BCUT2D eigenvalue weighted by atomic mass is 16.1. The van der Waals surface area contributed by atoms with Crippen molar-refractivity contribution >= 4 is 16.8 Å². The molecule has 1 aliphatic rings. The van der Waals surface area contributed by atoms with Gasteiger partial charge in [-0.05, 0) is 36.5 Å². The van der Waals surface area contributed by atoms with Crippen molar-refractivity contribution in [1.29, 1.82) is 0 Å². The van der Waals surface area contributed by atoms with Gasteiger partial charge in [0.15, 0.2) is 0 Å². The minimum absolute atomic E-state index is 0.120. The third-order valence-electron chi connectivity index (χ3n) is 3.70. The van der Waals surface area contributed by atoms with Crippen molar-refractivity contribution < 1.29 is 4.79 Å². The summed E-state index contributed by atoms with van der Waals surface area (Å²) in [5.41, 5.74) is 2.03. The lowest BCUT2D eigenvalue weighted by Crippen LogP contribution is -2.24. The van der Waals surface area contributed by atoms with E-state index in [0.29, 0.717) is 18.9 Å². The zero-order chi connectivity index (χ0) is 13.8. The fraction of sp³-hybridized carbons (Fsp3) is 0.294. The molecule has 1 aromatic carbocycles. The molecule has 0 unspecified atom stereocenters. The van der Waals surface area contributed by atoms with Crippen molar-refractivity contribution in [2.45, 2.75) is 25.8 Å². The number of fused-ring (bicyclic) bond motifs is 1. The van der Waals surface area contributed by atoms with E-state index in [1.807, 2.05) is 30.5 Å². The highest BCUT2D eigenvalue weighted by Gasteiger charge is 2.13. The third kappa shape index (κ3) is 3.05. The van der Waals surface area contributed by atoms with Gasteiger partial charge in [0.2, 0.25) is 5.91 Å². The first-order valence-electron chi connectivity index (χ1n) is 7.08. The lowest BCUT2D eigenvalue weighted by atomic mass is 10.1. The highest BCUT2D eigenvalue weighted by molar-refractivity contribution is 5.79. The number of nitrogens with one attached hydrogen (secondary N) is 1. The van der Waals surface area contributed by atoms with Gasteiger partial charge in [0.05, 0.1) is 5.52 Å². The molecule has 1 aliphatic carbocycles. The Morgan fingerprint density at radius 2 is 2.25 bits per heavy atom. The summed E-state index contributed by atoms with van der Waals surface area (Å²) in [5, 5.41) is 4.09. The van der Waals surface area contributed by atoms with Crippen LogP contribution < -0.4 is 5.32 Å². The number of hydrogen-bond acceptors (Lipinski definition) is 2. The molecular formula is C17H18N2O. The molecule has 1 aromatic heterocycles. The van der Waals surface area contributed by atoms with E-state index in [1.54, 1.807) is 0 Å². The number of allylic oxidation sites excluding steroid dienone is 2. The molecule has 1 N–H and O–H groups in total. The van der Waals surface area contributed by atoms with Crippen LogP contribution in [0, 0.1) is 5.92 Å². The van der Waals surface area contributed by atoms with Gasteiger partial charge >= 0.3 is 0 Å². The van der Waals surface area contributed by atoms with Gasteiger partial charge < -0.3 is 5.32 Å². The zero-order valence-electron chi connectivity index (χ0n) is 11.4. The van der Waals surface area contributed by atoms with Crippen molar-refractivity contribution in [2.75, 3.05) is 0 Å². The predicted molar refractivity (Wildman–Crippen MR) is 80.1 cm³/mol. The average Bonchev–Trinajstić information content (AvgIpc) is 2.98. The topological polar surface area (TPSA) is 42.0 Å². The van der Waals surface area contributed by atoms with E-state index in [0.717, 1.165) is 29.3 Å². The molecule has 2 aromatic rings. The largest absolute Gasteiger partial charge is 0.352 e. The van der Waals surface area contributed by atoms with E-state index in [2.05, 4.69) is 28.5 Å². The number of carbonyl (C=O) groups is 1. The molecule has 0 fully saturated rings. The minimum atomic E-state index is 0.120. The predicted octanol–water partition coefficient (Wildman–Crippen LogP) is 3.21. The van der Waals surface area contributed by atoms with Gasteiger partial charge in [0.25, 0.3) is 0 Å². The van der Waals surface area contributed by atoms with Gasteiger partial charge in [-0.3, -0.25) is 9.78 Å². The summed E-state index contributed by atoms with van der Waals surface area (Å²) >= 11 is 0. The molecule has 0 saturated carbocycles. The first-order valence-corrected chi connectivity index (χ1v) is 7.08. The fourth-order valence-corrected chi connectivity index (χ4v) is 2.59. The summed E-state index contributed by atoms with van der Waals surface area (Å²) in [6.07, 6.45) is 8.94. The minimum Gasteiger partial charge on any atom is -0.352 e. The molecular weight excluding hydrogens is 248 g/mol. The third-order valence-corrected chi connectivity index (χ3v) is 3.70. The smallest absolute Gasteiger partial charge is 0.220 e. The maximum absolute atomic E-state index is 11.9. The Balaban J connectivity index is 1.58. The van der Waals surface area contributed by atoms with Crippen LogP contribution in [0.25, 0.3) is 10.9 Å². The van der Waals surface area contributed by atoms with Crippen molar-refractivity contribution in [2.24, 2.45) is 5.92 Å². The number of hydrogen-bond donors (Lipinski definition) is 1. The van der Waals surface area contributed by atoms with E-state index in [1.165, 1.54) is 0 Å². The summed E-state index contributed by atoms with van der Waals surface area (Å²) in [7, 11) is 0. The van der Waals surface area contributed by atoms with Gasteiger partial charge in [-0.2, -0.15) is 0 Å². The molecule has 1 heterocycles. The number of amides is 1. The molecule has 1 amide bonds. The van der Waals surface area contributed by atoms with E-state index in [9.17, 15) is 4.79 Å². The molecule has 3 rings (SSSR count). The number of carbonyl (C=O) groups excluding carboxylic acids is 1. The van der Waals surface area contributed by atoms with Gasteiger partial charge in [0.1, 0.15) is 0 Å². The monoisotopic (exact) mass is 266 g/mol. The maximum atomic E-state index is 11.9. The number of benzene rings is 1. The van der Waals surface area contributed by atoms with E-state index >= 15 is 0 Å². The number of aromatic nitrogens is 1. The summed E-state index contributed by atoms with van der Waals surface area (Å²) < 4.78 is 0. The van der Waals surface area contributed by atoms with Gasteiger partial charge in [-0.25, -0.2) is 0 Å². The molecule has 3 nitrogen and oxygen atoms in total. The van der Waals surface area contributed by atoms with Crippen LogP contribution in [-0.4, -0.2) is 10.9 Å². The van der Waals surface area contributed by atoms with Crippen LogP contribution >= 0.6 is 0 Å². The number of para-hydroxylation sites is 1. The molecule has 0 saturated heterocycles. The van der Waals surface area contributed by atoms with Crippen LogP contribution in [0.3, 0.4) is 0 Å². The first kappa shape index (κ1) is 12.9. The summed E-state index contributed by atoms with van der Waals surface area (Å²) in [5.74, 6) is 0.541. The Labute approximate surface area is 118 Å². The second-order valence-electron chi connectivity index (χ2n) is 5.28. The van der Waals surface area contributed by atoms with Crippen molar-refractivity contribution in [3.63, 3.8) is 0 Å². The van der Waals surface area contributed by atoms with Gasteiger partial charge in [0, 0.05) is 24.5 Å². The van der Waals surface area contributed by atoms with E-state index in [4.69, 9.17) is 0 Å². The zero-order valence-corrected chi connectivity index (χ0v) is 11.4. The van der Waals surface area contributed by atoms with Crippen LogP contribution in [0.2, 0.25) is 0 Å². The summed E-state index contributed by atoms with van der Waals surface area (Å²) in [6, 6.07) is 10.1. The molecule has 0 bridgehead atoms. The second-order valence-corrected chi connectivity index (χ2v) is 5.28. The average molecular weight is 266 g/mol. The molecule has 0 aliphatic heterocycles. The quantitative estimate of drug-likeness (QED) is 0.863. The van der Waals surface area contributed by atoms with E-state index in [-0.39, 0.29) is 5.91 Å². The van der Waals surface area contributed by atoms with Gasteiger partial charge in [-0.15, -0.1) is 0 Å². The Morgan fingerprint density at radius 3 is 3.10 bits per heavy atom. The molecule has 102 valence electrons. The molecule has 0 spiro atoms. The Kier molecular flexibility index (Phi) is 3.77. The molecule has 3 heteroatoms. The fourth-order valence-electron chi connectivity index (χ4n) is 2.59. The SMILES string of the molecule is O=C(C[C@H]1C=CCC1)NCc1cnc2ccccc2c1. The number of rotatable bonds is 4. The number of pyridine rings is 1. The standard InChI is InChI=1S/C17H18N2O/c20-17(10-13-5-1-2-6-13)19-12-14-9-15-7-3-4-8-16(15)18-11-14/h1,3-5,7-9,11,13H,2,6,10,12H2,(H,19,20)/t13-/m0/s1. The molecule has 1 atom stereocenters. The lowest BCUT2D eigenvalue weighted by Gasteiger charge is -2.09. The molecule has 20 heavy (non-hydrogen) atoms. The van der Waals surface area contributed by atoms with Crippen LogP contribution in [0.1, 0.15) is 24.8 Å². The first-order chi connectivity index (χ1) is 9.81. The molecule has 0 radical (unpaired) electrons. The number of nitrogens with zero attached hydrogens (tertiary/aromatic N) is 1. The van der Waals surface area contributed by atoms with Crippen LogP contribution in [0.15, 0.2) is 48.7 Å². The van der Waals surface area contributed by atoms with E-state index < -0.39 is 0 Å². The normalized spacial score (nSPS) is 17.5. The van der Waals surface area contributed by atoms with Crippen molar-refractivity contribution in [1.82, 2.24) is 10.3 Å². The Morgan fingerprint density at radius 1 is 1.35 bits per heavy atom. The summed E-state index contributed by atoms with van der Waals surface area (Å²) in [4.78, 5) is 16.3. The maximum Gasteiger partial charge on any atom is 0.220 e.